The number of hydrogen-bond acceptors (Lipinski definition) is 7. The number of ether oxygens (including phenoxy) is 1. The van der Waals surface area contributed by atoms with Gasteiger partial charge in [-0.25, -0.2) is 15.8 Å². The summed E-state index contributed by atoms with van der Waals surface area (Å²) >= 11 is 0. The van der Waals surface area contributed by atoms with Gasteiger partial charge in [0.2, 0.25) is 0 Å². The van der Waals surface area contributed by atoms with Crippen molar-refractivity contribution in [3.8, 4) is 0 Å². The number of fused-ring (bicyclic) bond motifs is 1. The Morgan fingerprint density at radius 1 is 1.45 bits per heavy atom. The van der Waals surface area contributed by atoms with E-state index in [1.807, 2.05) is 21.0 Å². The van der Waals surface area contributed by atoms with Crippen LogP contribution >= 0.6 is 0 Å². The SMILES string of the molecule is CCOCCN(C)Cc1nc(NN)c2cnn(C)c2n1. The summed E-state index contributed by atoms with van der Waals surface area (Å²) in [7, 11) is 3.85. The molecule has 0 aliphatic heterocycles. The van der Waals surface area contributed by atoms with E-state index in [2.05, 4.69) is 25.4 Å². The van der Waals surface area contributed by atoms with Crippen LogP contribution in [0, 0.1) is 0 Å². The lowest BCUT2D eigenvalue weighted by Crippen LogP contribution is -2.24. The molecule has 0 fully saturated rings. The van der Waals surface area contributed by atoms with E-state index in [-0.39, 0.29) is 0 Å². The summed E-state index contributed by atoms with van der Waals surface area (Å²) in [6.07, 6.45) is 1.70. The average Bonchev–Trinajstić information content (AvgIpc) is 2.80. The molecule has 8 heteroatoms. The van der Waals surface area contributed by atoms with E-state index >= 15 is 0 Å². The Bertz CT molecular complexity index is 568. The molecule has 0 atom stereocenters. The van der Waals surface area contributed by atoms with Crippen LogP contribution in [-0.2, 0) is 18.3 Å². The Morgan fingerprint density at radius 3 is 2.95 bits per heavy atom. The Morgan fingerprint density at radius 2 is 2.25 bits per heavy atom. The minimum atomic E-state index is 0.594. The number of anilines is 1. The van der Waals surface area contributed by atoms with E-state index in [0.717, 1.165) is 24.2 Å². The second kappa shape index (κ2) is 6.60. The van der Waals surface area contributed by atoms with Crippen LogP contribution in [0.5, 0.6) is 0 Å². The zero-order valence-corrected chi connectivity index (χ0v) is 12.1. The molecule has 2 aromatic heterocycles. The summed E-state index contributed by atoms with van der Waals surface area (Å²) in [5, 5.41) is 4.99. The molecule has 20 heavy (non-hydrogen) atoms. The van der Waals surface area contributed by atoms with Crippen LogP contribution in [-0.4, -0.2) is 51.5 Å². The number of rotatable bonds is 7. The van der Waals surface area contributed by atoms with E-state index < -0.39 is 0 Å². The van der Waals surface area contributed by atoms with Crippen LogP contribution < -0.4 is 11.3 Å². The molecule has 2 rings (SSSR count). The third-order valence-corrected chi connectivity index (χ3v) is 3.01. The molecule has 0 aliphatic rings. The number of nitrogen functional groups attached to an aromatic ring is 1. The minimum Gasteiger partial charge on any atom is -0.380 e. The van der Waals surface area contributed by atoms with E-state index in [9.17, 15) is 0 Å². The Hall–Kier alpha value is -1.77. The summed E-state index contributed by atoms with van der Waals surface area (Å²) in [6, 6.07) is 0. The molecule has 2 heterocycles. The van der Waals surface area contributed by atoms with Gasteiger partial charge in [0.1, 0.15) is 5.82 Å². The highest BCUT2D eigenvalue weighted by molar-refractivity contribution is 5.86. The third kappa shape index (κ3) is 3.21. The molecule has 3 N–H and O–H groups in total. The normalized spacial score (nSPS) is 11.4. The largest absolute Gasteiger partial charge is 0.380 e. The van der Waals surface area contributed by atoms with Gasteiger partial charge in [-0.1, -0.05) is 0 Å². The summed E-state index contributed by atoms with van der Waals surface area (Å²) in [5.41, 5.74) is 3.37. The first-order chi connectivity index (χ1) is 9.65. The van der Waals surface area contributed by atoms with Crippen LogP contribution in [0.2, 0.25) is 0 Å². The van der Waals surface area contributed by atoms with Crippen molar-refractivity contribution in [3.63, 3.8) is 0 Å². The monoisotopic (exact) mass is 279 g/mol. The minimum absolute atomic E-state index is 0.594. The molecule has 0 saturated heterocycles. The molecular formula is C12H21N7O. The van der Waals surface area contributed by atoms with Crippen LogP contribution in [0.15, 0.2) is 6.20 Å². The van der Waals surface area contributed by atoms with E-state index in [0.29, 0.717) is 24.8 Å². The van der Waals surface area contributed by atoms with Crippen molar-refractivity contribution >= 4 is 16.9 Å². The lowest BCUT2D eigenvalue weighted by molar-refractivity contribution is 0.119. The van der Waals surface area contributed by atoms with Crippen LogP contribution in [0.4, 0.5) is 5.82 Å². The number of likely N-dealkylation sites (N-methyl/N-ethyl adjacent to an activating group) is 1. The Balaban J connectivity index is 2.15. The first-order valence-corrected chi connectivity index (χ1v) is 6.57. The highest BCUT2D eigenvalue weighted by Crippen LogP contribution is 2.18. The zero-order valence-electron chi connectivity index (χ0n) is 12.1. The van der Waals surface area contributed by atoms with Gasteiger partial charge < -0.3 is 10.2 Å². The lowest BCUT2D eigenvalue weighted by Gasteiger charge is -2.16. The molecule has 2 aromatic rings. The quantitative estimate of drug-likeness (QED) is 0.422. The number of hydrazine groups is 1. The van der Waals surface area contributed by atoms with Gasteiger partial charge in [0, 0.05) is 20.2 Å². The molecule has 0 amide bonds. The van der Waals surface area contributed by atoms with Gasteiger partial charge >= 0.3 is 0 Å². The zero-order chi connectivity index (χ0) is 14.5. The third-order valence-electron chi connectivity index (χ3n) is 3.01. The van der Waals surface area contributed by atoms with Gasteiger partial charge in [0.15, 0.2) is 11.5 Å². The van der Waals surface area contributed by atoms with E-state index in [4.69, 9.17) is 10.6 Å². The first-order valence-electron chi connectivity index (χ1n) is 6.57. The molecule has 0 radical (unpaired) electrons. The van der Waals surface area contributed by atoms with Crippen molar-refractivity contribution < 1.29 is 4.74 Å². The summed E-state index contributed by atoms with van der Waals surface area (Å²) in [4.78, 5) is 11.0. The number of aryl methyl sites for hydroxylation is 1. The summed E-state index contributed by atoms with van der Waals surface area (Å²) < 4.78 is 7.04. The maximum absolute atomic E-state index is 5.51. The molecule has 0 bridgehead atoms. The topological polar surface area (TPSA) is 94.1 Å². The predicted octanol–water partition coefficient (Wildman–Crippen LogP) is 0.117. The van der Waals surface area contributed by atoms with Crippen molar-refractivity contribution in [1.29, 1.82) is 0 Å². The highest BCUT2D eigenvalue weighted by atomic mass is 16.5. The van der Waals surface area contributed by atoms with Gasteiger partial charge in [0.05, 0.1) is 24.7 Å². The van der Waals surface area contributed by atoms with Crippen molar-refractivity contribution in [2.45, 2.75) is 13.5 Å². The molecule has 0 unspecified atom stereocenters. The van der Waals surface area contributed by atoms with E-state index in [1.165, 1.54) is 0 Å². The molecule has 0 aromatic carbocycles. The average molecular weight is 279 g/mol. The van der Waals surface area contributed by atoms with Crippen LogP contribution in [0.25, 0.3) is 11.0 Å². The maximum Gasteiger partial charge on any atom is 0.163 e. The number of aromatic nitrogens is 4. The van der Waals surface area contributed by atoms with Crippen LogP contribution in [0.1, 0.15) is 12.7 Å². The number of hydrogen-bond donors (Lipinski definition) is 2. The van der Waals surface area contributed by atoms with Crippen molar-refractivity contribution in [3.05, 3.63) is 12.0 Å². The molecule has 0 aliphatic carbocycles. The van der Waals surface area contributed by atoms with Crippen LogP contribution in [0.3, 0.4) is 0 Å². The van der Waals surface area contributed by atoms with Crippen molar-refractivity contribution in [1.82, 2.24) is 24.6 Å². The Kier molecular flexibility index (Phi) is 4.83. The molecule has 0 saturated carbocycles. The van der Waals surface area contributed by atoms with Gasteiger partial charge in [-0.15, -0.1) is 0 Å². The fourth-order valence-corrected chi connectivity index (χ4v) is 1.93. The van der Waals surface area contributed by atoms with Crippen molar-refractivity contribution in [2.24, 2.45) is 12.9 Å². The molecule has 0 spiro atoms. The Labute approximate surface area is 117 Å². The summed E-state index contributed by atoms with van der Waals surface area (Å²) in [6.45, 7) is 4.86. The van der Waals surface area contributed by atoms with Crippen molar-refractivity contribution in [2.75, 3.05) is 32.2 Å². The molecule has 110 valence electrons. The van der Waals surface area contributed by atoms with Gasteiger partial charge in [-0.2, -0.15) is 5.10 Å². The second-order valence-electron chi connectivity index (χ2n) is 4.57. The van der Waals surface area contributed by atoms with Gasteiger partial charge in [-0.05, 0) is 14.0 Å². The molecular weight excluding hydrogens is 258 g/mol. The lowest BCUT2D eigenvalue weighted by atomic mass is 10.3. The first kappa shape index (κ1) is 14.6. The number of nitrogens with one attached hydrogen (secondary N) is 1. The smallest absolute Gasteiger partial charge is 0.163 e. The fourth-order valence-electron chi connectivity index (χ4n) is 1.93. The number of nitrogens with two attached hydrogens (primary N) is 1. The van der Waals surface area contributed by atoms with Gasteiger partial charge in [0.25, 0.3) is 0 Å². The maximum atomic E-state index is 5.51. The number of nitrogens with zero attached hydrogens (tertiary/aromatic N) is 5. The predicted molar refractivity (Wildman–Crippen MR) is 76.9 cm³/mol. The second-order valence-corrected chi connectivity index (χ2v) is 4.57. The summed E-state index contributed by atoms with van der Waals surface area (Å²) in [5.74, 6) is 6.81. The highest BCUT2D eigenvalue weighted by Gasteiger charge is 2.12. The van der Waals surface area contributed by atoms with Gasteiger partial charge in [-0.3, -0.25) is 9.58 Å². The van der Waals surface area contributed by atoms with E-state index in [1.54, 1.807) is 10.9 Å². The fraction of sp³-hybridized carbons (Fsp3) is 0.583. The standard InChI is InChI=1S/C12H21N7O/c1-4-20-6-5-18(2)8-10-15-11(17-13)9-7-14-19(3)12(9)16-10/h7H,4-6,8,13H2,1-3H3,(H,15,16,17). The molecule has 8 nitrogen and oxygen atoms in total.